The highest BCUT2D eigenvalue weighted by Crippen LogP contribution is 2.36. The lowest BCUT2D eigenvalue weighted by Gasteiger charge is -2.31. The van der Waals surface area contributed by atoms with Crippen molar-refractivity contribution in [3.05, 3.63) is 45.7 Å². The minimum absolute atomic E-state index is 0.0858. The van der Waals surface area contributed by atoms with Gasteiger partial charge in [0.1, 0.15) is 12.9 Å². The molecule has 1 aliphatic heterocycles. The molecule has 3 aromatic heterocycles. The zero-order valence-corrected chi connectivity index (χ0v) is 18.3. The smallest absolute Gasteiger partial charge is 0.244 e. The number of halogens is 1. The standard InChI is InChI=1S/C20H23ClN6OS/c1-12-18(21)14(3)27(25-12)10-17(28)26-8-5-15(6-9-26)20-24-13(2)19(29-20)16-4-7-22-11-23-16/h4,7,11,15H,5-6,8-10H2,1-3H3. The summed E-state index contributed by atoms with van der Waals surface area (Å²) in [6.07, 6.45) is 5.15. The molecule has 0 N–H and O–H groups in total. The van der Waals surface area contributed by atoms with Gasteiger partial charge in [-0.1, -0.05) is 11.6 Å². The largest absolute Gasteiger partial charge is 0.341 e. The van der Waals surface area contributed by atoms with Crippen molar-refractivity contribution in [1.82, 2.24) is 29.6 Å². The molecule has 3 aromatic rings. The van der Waals surface area contributed by atoms with E-state index < -0.39 is 0 Å². The Bertz CT molecular complexity index is 1020. The number of aryl methyl sites for hydroxylation is 2. The zero-order valence-electron chi connectivity index (χ0n) is 16.7. The van der Waals surface area contributed by atoms with Crippen LogP contribution in [-0.2, 0) is 11.3 Å². The third-order valence-corrected chi connectivity index (χ3v) is 7.29. The third-order valence-electron chi connectivity index (χ3n) is 5.40. The van der Waals surface area contributed by atoms with Gasteiger partial charge in [0, 0.05) is 25.2 Å². The summed E-state index contributed by atoms with van der Waals surface area (Å²) in [4.78, 5) is 28.9. The molecular weight excluding hydrogens is 408 g/mol. The van der Waals surface area contributed by atoms with Crippen molar-refractivity contribution in [3.63, 3.8) is 0 Å². The lowest BCUT2D eigenvalue weighted by atomic mass is 9.97. The Labute approximate surface area is 178 Å². The summed E-state index contributed by atoms with van der Waals surface area (Å²) in [6.45, 7) is 7.47. The number of piperidine rings is 1. The number of nitrogens with zero attached hydrogens (tertiary/aromatic N) is 6. The van der Waals surface area contributed by atoms with Gasteiger partial charge < -0.3 is 4.90 Å². The average Bonchev–Trinajstić information content (AvgIpc) is 3.24. The molecule has 1 saturated heterocycles. The van der Waals surface area contributed by atoms with Crippen LogP contribution in [0.3, 0.4) is 0 Å². The van der Waals surface area contributed by atoms with Crippen LogP contribution < -0.4 is 0 Å². The lowest BCUT2D eigenvalue weighted by molar-refractivity contribution is -0.133. The monoisotopic (exact) mass is 430 g/mol. The number of aromatic nitrogens is 5. The van der Waals surface area contributed by atoms with E-state index in [9.17, 15) is 4.79 Å². The Morgan fingerprint density at radius 1 is 1.24 bits per heavy atom. The highest BCUT2D eigenvalue weighted by Gasteiger charge is 2.27. The van der Waals surface area contributed by atoms with E-state index in [1.807, 2.05) is 31.7 Å². The van der Waals surface area contributed by atoms with Crippen LogP contribution >= 0.6 is 22.9 Å². The first-order valence-electron chi connectivity index (χ1n) is 9.65. The summed E-state index contributed by atoms with van der Waals surface area (Å²) >= 11 is 7.90. The number of likely N-dealkylation sites (tertiary alicyclic amines) is 1. The molecular formula is C20H23ClN6OS. The predicted molar refractivity (Wildman–Crippen MR) is 113 cm³/mol. The molecule has 0 aromatic carbocycles. The molecule has 29 heavy (non-hydrogen) atoms. The summed E-state index contributed by atoms with van der Waals surface area (Å²) in [5.41, 5.74) is 3.51. The molecule has 0 aliphatic carbocycles. The maximum atomic E-state index is 12.7. The van der Waals surface area contributed by atoms with Crippen molar-refractivity contribution in [2.24, 2.45) is 0 Å². The Balaban J connectivity index is 1.39. The molecule has 0 spiro atoms. The number of amides is 1. The van der Waals surface area contributed by atoms with Crippen LogP contribution in [0.15, 0.2) is 18.6 Å². The molecule has 0 saturated carbocycles. The minimum Gasteiger partial charge on any atom is -0.341 e. The summed E-state index contributed by atoms with van der Waals surface area (Å²) in [5.74, 6) is 0.462. The van der Waals surface area contributed by atoms with E-state index >= 15 is 0 Å². The van der Waals surface area contributed by atoms with E-state index in [0.29, 0.717) is 10.9 Å². The third kappa shape index (κ3) is 4.04. The Morgan fingerprint density at radius 3 is 2.62 bits per heavy atom. The van der Waals surface area contributed by atoms with Gasteiger partial charge in [-0.25, -0.2) is 15.0 Å². The normalized spacial score (nSPS) is 15.1. The second-order valence-corrected chi connectivity index (χ2v) is 8.77. The molecule has 1 fully saturated rings. The molecule has 4 rings (SSSR count). The predicted octanol–water partition coefficient (Wildman–Crippen LogP) is 3.78. The van der Waals surface area contributed by atoms with Gasteiger partial charge in [0.05, 0.1) is 37.7 Å². The Morgan fingerprint density at radius 2 is 2.00 bits per heavy atom. The second-order valence-electron chi connectivity index (χ2n) is 7.36. The van der Waals surface area contributed by atoms with Crippen molar-refractivity contribution in [2.45, 2.75) is 46.1 Å². The van der Waals surface area contributed by atoms with Gasteiger partial charge >= 0.3 is 0 Å². The van der Waals surface area contributed by atoms with Gasteiger partial charge in [-0.3, -0.25) is 9.48 Å². The molecule has 152 valence electrons. The molecule has 0 atom stereocenters. The molecule has 0 unspecified atom stereocenters. The number of rotatable bonds is 4. The minimum atomic E-state index is 0.0858. The van der Waals surface area contributed by atoms with Crippen LogP contribution in [0.5, 0.6) is 0 Å². The van der Waals surface area contributed by atoms with Crippen molar-refractivity contribution in [1.29, 1.82) is 0 Å². The van der Waals surface area contributed by atoms with Crippen LogP contribution in [0, 0.1) is 20.8 Å². The van der Waals surface area contributed by atoms with E-state index in [2.05, 4.69) is 15.1 Å². The van der Waals surface area contributed by atoms with Crippen molar-refractivity contribution >= 4 is 28.8 Å². The highest BCUT2D eigenvalue weighted by molar-refractivity contribution is 7.15. The summed E-state index contributed by atoms with van der Waals surface area (Å²) in [7, 11) is 0. The first-order valence-corrected chi connectivity index (χ1v) is 10.8. The van der Waals surface area contributed by atoms with E-state index in [1.165, 1.54) is 0 Å². The molecule has 0 bridgehead atoms. The molecule has 4 heterocycles. The molecule has 9 heteroatoms. The van der Waals surface area contributed by atoms with E-state index in [0.717, 1.165) is 58.6 Å². The van der Waals surface area contributed by atoms with Crippen LogP contribution in [0.1, 0.15) is 40.8 Å². The van der Waals surface area contributed by atoms with Gasteiger partial charge in [0.25, 0.3) is 0 Å². The van der Waals surface area contributed by atoms with Crippen molar-refractivity contribution in [3.8, 4) is 10.6 Å². The topological polar surface area (TPSA) is 76.8 Å². The average molecular weight is 431 g/mol. The van der Waals surface area contributed by atoms with E-state index in [1.54, 1.807) is 28.5 Å². The van der Waals surface area contributed by atoms with E-state index in [-0.39, 0.29) is 12.5 Å². The number of carbonyl (C=O) groups is 1. The van der Waals surface area contributed by atoms with Gasteiger partial charge in [-0.05, 0) is 39.7 Å². The number of carbonyl (C=O) groups excluding carboxylic acids is 1. The number of hydrogen-bond acceptors (Lipinski definition) is 6. The molecule has 1 amide bonds. The number of hydrogen-bond donors (Lipinski definition) is 0. The van der Waals surface area contributed by atoms with Crippen LogP contribution in [0.25, 0.3) is 10.6 Å². The summed E-state index contributed by atoms with van der Waals surface area (Å²) in [6, 6.07) is 1.91. The maximum absolute atomic E-state index is 12.7. The fraction of sp³-hybridized carbons (Fsp3) is 0.450. The van der Waals surface area contributed by atoms with Crippen molar-refractivity contribution < 1.29 is 4.79 Å². The van der Waals surface area contributed by atoms with Gasteiger partial charge in [0.15, 0.2) is 0 Å². The second kappa shape index (κ2) is 8.20. The van der Waals surface area contributed by atoms with Gasteiger partial charge in [-0.15, -0.1) is 11.3 Å². The van der Waals surface area contributed by atoms with Gasteiger partial charge in [-0.2, -0.15) is 5.10 Å². The summed E-state index contributed by atoms with van der Waals surface area (Å²) < 4.78 is 1.70. The quantitative estimate of drug-likeness (QED) is 0.629. The zero-order chi connectivity index (χ0) is 20.5. The lowest BCUT2D eigenvalue weighted by Crippen LogP contribution is -2.40. The maximum Gasteiger partial charge on any atom is 0.244 e. The first kappa shape index (κ1) is 20.0. The number of thiazole rings is 1. The van der Waals surface area contributed by atoms with E-state index in [4.69, 9.17) is 16.6 Å². The fourth-order valence-electron chi connectivity index (χ4n) is 3.69. The SMILES string of the molecule is Cc1nc(C2CCN(C(=O)Cn3nc(C)c(Cl)c3C)CC2)sc1-c1ccncn1. The van der Waals surface area contributed by atoms with Crippen LogP contribution in [0.2, 0.25) is 5.02 Å². The fourth-order valence-corrected chi connectivity index (χ4v) is 5.04. The first-order chi connectivity index (χ1) is 13.9. The molecule has 1 aliphatic rings. The van der Waals surface area contributed by atoms with Gasteiger partial charge in [0.2, 0.25) is 5.91 Å². The molecule has 7 nitrogen and oxygen atoms in total. The Hall–Kier alpha value is -2.32. The molecule has 0 radical (unpaired) electrons. The van der Waals surface area contributed by atoms with Crippen LogP contribution in [0.4, 0.5) is 0 Å². The Kier molecular flexibility index (Phi) is 5.65. The van der Waals surface area contributed by atoms with Crippen LogP contribution in [-0.4, -0.2) is 48.6 Å². The van der Waals surface area contributed by atoms with Crippen molar-refractivity contribution in [2.75, 3.05) is 13.1 Å². The highest BCUT2D eigenvalue weighted by atomic mass is 35.5. The summed E-state index contributed by atoms with van der Waals surface area (Å²) in [5, 5.41) is 6.13.